The molecule has 0 bridgehead atoms. The Morgan fingerprint density at radius 3 is 2.56 bits per heavy atom. The van der Waals surface area contributed by atoms with Crippen LogP contribution in [0.3, 0.4) is 0 Å². The second kappa shape index (κ2) is 4.98. The molecule has 18 heavy (non-hydrogen) atoms. The maximum Gasteiger partial charge on any atom is 0.164 e. The van der Waals surface area contributed by atoms with Crippen LogP contribution in [0.4, 0.5) is 0 Å². The van der Waals surface area contributed by atoms with Gasteiger partial charge in [-0.3, -0.25) is 4.79 Å². The lowest BCUT2D eigenvalue weighted by Crippen LogP contribution is -2.46. The molecule has 0 aromatic rings. The molecular formula is C15H24O3. The van der Waals surface area contributed by atoms with Gasteiger partial charge in [-0.25, -0.2) is 0 Å². The number of allylic oxidation sites excluding steroid dienone is 1. The molecule has 3 nitrogen and oxygen atoms in total. The SMILES string of the molecule is C=CC(C)(O)/C=C/C1C(C)C(=O)C(O)CC1(C)C. The number of carbonyl (C=O) groups excluding carboxylic acids is 1. The number of hydrogen-bond acceptors (Lipinski definition) is 3. The molecule has 0 amide bonds. The fraction of sp³-hybridized carbons (Fsp3) is 0.667. The molecule has 0 aromatic heterocycles. The molecule has 1 aliphatic carbocycles. The maximum absolute atomic E-state index is 11.9. The molecule has 0 aromatic carbocycles. The highest BCUT2D eigenvalue weighted by atomic mass is 16.3. The Hall–Kier alpha value is -0.930. The van der Waals surface area contributed by atoms with Crippen LogP contribution in [-0.2, 0) is 4.79 Å². The molecule has 1 saturated carbocycles. The van der Waals surface area contributed by atoms with Crippen LogP contribution in [0, 0.1) is 17.3 Å². The topological polar surface area (TPSA) is 57.5 Å². The van der Waals surface area contributed by atoms with Gasteiger partial charge in [-0.1, -0.05) is 45.6 Å². The van der Waals surface area contributed by atoms with Gasteiger partial charge < -0.3 is 10.2 Å². The summed E-state index contributed by atoms with van der Waals surface area (Å²) in [6, 6.07) is 0. The third-order valence-electron chi connectivity index (χ3n) is 3.99. The standard InChI is InChI=1S/C15H24O3/c1-6-15(5,18)8-7-11-10(2)13(17)12(16)9-14(11,3)4/h6-8,10-12,16,18H,1,9H2,2-5H3/b8-7+. The fourth-order valence-corrected chi connectivity index (χ4v) is 2.69. The molecule has 1 aliphatic rings. The van der Waals surface area contributed by atoms with Crippen LogP contribution in [0.1, 0.15) is 34.1 Å². The van der Waals surface area contributed by atoms with Gasteiger partial charge in [0.25, 0.3) is 0 Å². The third kappa shape index (κ3) is 3.09. The van der Waals surface area contributed by atoms with Crippen molar-refractivity contribution in [3.63, 3.8) is 0 Å². The second-order valence-corrected chi connectivity index (χ2v) is 6.21. The molecule has 1 rings (SSSR count). The fourth-order valence-electron chi connectivity index (χ4n) is 2.69. The van der Waals surface area contributed by atoms with Crippen molar-refractivity contribution in [3.8, 4) is 0 Å². The van der Waals surface area contributed by atoms with E-state index in [4.69, 9.17) is 0 Å². The van der Waals surface area contributed by atoms with E-state index in [1.165, 1.54) is 6.08 Å². The second-order valence-electron chi connectivity index (χ2n) is 6.21. The van der Waals surface area contributed by atoms with Crippen LogP contribution in [0.2, 0.25) is 0 Å². The van der Waals surface area contributed by atoms with Crippen molar-refractivity contribution in [2.45, 2.75) is 45.8 Å². The molecule has 0 spiro atoms. The summed E-state index contributed by atoms with van der Waals surface area (Å²) in [4.78, 5) is 11.9. The maximum atomic E-state index is 11.9. The van der Waals surface area contributed by atoms with E-state index >= 15 is 0 Å². The van der Waals surface area contributed by atoms with Gasteiger partial charge in [0.15, 0.2) is 5.78 Å². The first kappa shape index (κ1) is 15.1. The summed E-state index contributed by atoms with van der Waals surface area (Å²) in [5, 5.41) is 19.6. The molecule has 0 saturated heterocycles. The predicted molar refractivity (Wildman–Crippen MR) is 72.0 cm³/mol. The zero-order valence-electron chi connectivity index (χ0n) is 11.7. The van der Waals surface area contributed by atoms with Gasteiger partial charge in [-0.15, -0.1) is 0 Å². The van der Waals surface area contributed by atoms with Crippen LogP contribution in [0.25, 0.3) is 0 Å². The molecule has 2 N–H and O–H groups in total. The van der Waals surface area contributed by atoms with Crippen LogP contribution in [0.15, 0.2) is 24.8 Å². The molecule has 3 heteroatoms. The molecule has 1 fully saturated rings. The monoisotopic (exact) mass is 252 g/mol. The normalized spacial score (nSPS) is 35.4. The minimum absolute atomic E-state index is 0.0137. The van der Waals surface area contributed by atoms with Gasteiger partial charge in [-0.05, 0) is 24.7 Å². The van der Waals surface area contributed by atoms with Crippen molar-refractivity contribution in [2.24, 2.45) is 17.3 Å². The summed E-state index contributed by atoms with van der Waals surface area (Å²) >= 11 is 0. The summed E-state index contributed by atoms with van der Waals surface area (Å²) in [5.74, 6) is -0.331. The molecule has 4 atom stereocenters. The Balaban J connectivity index is 2.98. The largest absolute Gasteiger partial charge is 0.385 e. The number of ketones is 1. The van der Waals surface area contributed by atoms with Gasteiger partial charge in [0, 0.05) is 5.92 Å². The summed E-state index contributed by atoms with van der Waals surface area (Å²) in [5.41, 5.74) is -1.23. The van der Waals surface area contributed by atoms with Gasteiger partial charge in [-0.2, -0.15) is 0 Å². The average molecular weight is 252 g/mol. The van der Waals surface area contributed by atoms with E-state index in [2.05, 4.69) is 6.58 Å². The highest BCUT2D eigenvalue weighted by Gasteiger charge is 2.44. The third-order valence-corrected chi connectivity index (χ3v) is 3.99. The Morgan fingerprint density at radius 2 is 2.06 bits per heavy atom. The first-order chi connectivity index (χ1) is 8.10. The minimum Gasteiger partial charge on any atom is -0.385 e. The number of aliphatic hydroxyl groups excluding tert-OH is 1. The summed E-state index contributed by atoms with van der Waals surface area (Å²) in [7, 11) is 0. The van der Waals surface area contributed by atoms with Crippen molar-refractivity contribution in [3.05, 3.63) is 24.8 Å². The van der Waals surface area contributed by atoms with Gasteiger partial charge >= 0.3 is 0 Å². The number of Topliss-reactive ketones (excluding diaryl/α,β-unsaturated/α-hetero) is 1. The van der Waals surface area contributed by atoms with Crippen LogP contribution in [-0.4, -0.2) is 27.7 Å². The van der Waals surface area contributed by atoms with E-state index in [9.17, 15) is 15.0 Å². The Morgan fingerprint density at radius 1 is 1.50 bits per heavy atom. The van der Waals surface area contributed by atoms with Crippen molar-refractivity contribution in [1.82, 2.24) is 0 Å². The molecule has 102 valence electrons. The highest BCUT2D eigenvalue weighted by molar-refractivity contribution is 5.86. The molecule has 0 heterocycles. The number of carbonyl (C=O) groups is 1. The van der Waals surface area contributed by atoms with Gasteiger partial charge in [0.05, 0.1) is 5.60 Å². The molecule has 0 aliphatic heterocycles. The Kier molecular flexibility index (Phi) is 4.19. The van der Waals surface area contributed by atoms with Gasteiger partial charge in [0.2, 0.25) is 0 Å². The van der Waals surface area contributed by atoms with E-state index in [0.717, 1.165) is 0 Å². The van der Waals surface area contributed by atoms with Crippen LogP contribution in [0.5, 0.6) is 0 Å². The molecular weight excluding hydrogens is 228 g/mol. The highest BCUT2D eigenvalue weighted by Crippen LogP contribution is 2.43. The number of rotatable bonds is 3. The molecule has 0 radical (unpaired) electrons. The lowest BCUT2D eigenvalue weighted by Gasteiger charge is -2.42. The summed E-state index contributed by atoms with van der Waals surface area (Å²) in [6.07, 6.45) is 4.62. The lowest BCUT2D eigenvalue weighted by atomic mass is 9.62. The Bertz CT molecular complexity index is 366. The van der Waals surface area contributed by atoms with Crippen molar-refractivity contribution < 1.29 is 15.0 Å². The smallest absolute Gasteiger partial charge is 0.164 e. The van der Waals surface area contributed by atoms with E-state index in [-0.39, 0.29) is 23.0 Å². The van der Waals surface area contributed by atoms with E-state index < -0.39 is 11.7 Å². The lowest BCUT2D eigenvalue weighted by molar-refractivity contribution is -0.140. The summed E-state index contributed by atoms with van der Waals surface area (Å²) in [6.45, 7) is 11.1. The number of hydrogen-bond donors (Lipinski definition) is 2. The van der Waals surface area contributed by atoms with Crippen molar-refractivity contribution >= 4 is 5.78 Å². The predicted octanol–water partition coefficient (Wildman–Crippen LogP) is 2.09. The minimum atomic E-state index is -1.06. The zero-order chi connectivity index (χ0) is 14.1. The van der Waals surface area contributed by atoms with Crippen molar-refractivity contribution in [1.29, 1.82) is 0 Å². The van der Waals surface area contributed by atoms with Crippen LogP contribution < -0.4 is 0 Å². The zero-order valence-corrected chi connectivity index (χ0v) is 11.7. The first-order valence-electron chi connectivity index (χ1n) is 6.38. The quantitative estimate of drug-likeness (QED) is 0.756. The summed E-state index contributed by atoms with van der Waals surface area (Å²) < 4.78 is 0. The van der Waals surface area contributed by atoms with Crippen molar-refractivity contribution in [2.75, 3.05) is 0 Å². The van der Waals surface area contributed by atoms with E-state index in [1.807, 2.05) is 26.8 Å². The van der Waals surface area contributed by atoms with E-state index in [0.29, 0.717) is 6.42 Å². The average Bonchev–Trinajstić information content (AvgIpc) is 2.25. The number of aliphatic hydroxyl groups is 2. The Labute approximate surface area is 109 Å². The van der Waals surface area contributed by atoms with Gasteiger partial charge in [0.1, 0.15) is 6.10 Å². The van der Waals surface area contributed by atoms with Crippen LogP contribution >= 0.6 is 0 Å². The van der Waals surface area contributed by atoms with E-state index in [1.54, 1.807) is 13.0 Å². The first-order valence-corrected chi connectivity index (χ1v) is 6.38. The molecule has 4 unspecified atom stereocenters.